The number of alkyl halides is 3. The first kappa shape index (κ1) is 16.0. The molecule has 0 saturated heterocycles. The van der Waals surface area contributed by atoms with Crippen LogP contribution in [0.3, 0.4) is 0 Å². The minimum Gasteiger partial charge on any atom is -0.320 e. The Balaban J connectivity index is 2.31. The zero-order chi connectivity index (χ0) is 15.6. The van der Waals surface area contributed by atoms with Gasteiger partial charge >= 0.3 is 6.18 Å². The van der Waals surface area contributed by atoms with Crippen LogP contribution >= 0.6 is 31.9 Å². The van der Waals surface area contributed by atoms with Crippen molar-refractivity contribution in [3.63, 3.8) is 0 Å². The molecule has 0 atom stereocenters. The molecule has 0 radical (unpaired) electrons. The molecule has 1 heterocycles. The van der Waals surface area contributed by atoms with E-state index >= 15 is 0 Å². The highest BCUT2D eigenvalue weighted by Gasteiger charge is 2.31. The minimum absolute atomic E-state index is 0.0207. The molecule has 21 heavy (non-hydrogen) atoms. The molecule has 0 unspecified atom stereocenters. The molecule has 3 nitrogen and oxygen atoms in total. The van der Waals surface area contributed by atoms with Crippen molar-refractivity contribution >= 4 is 43.5 Å². The zero-order valence-electron chi connectivity index (χ0n) is 10.2. The lowest BCUT2D eigenvalue weighted by Crippen LogP contribution is -2.15. The summed E-state index contributed by atoms with van der Waals surface area (Å²) in [7, 11) is 0. The molecule has 2 rings (SSSR count). The monoisotopic (exact) mass is 422 g/mol. The molecule has 0 fully saturated rings. The summed E-state index contributed by atoms with van der Waals surface area (Å²) in [4.78, 5) is 15.9. The summed E-state index contributed by atoms with van der Waals surface area (Å²) in [5.74, 6) is -0.609. The molecule has 0 aliphatic heterocycles. The number of carbonyl (C=O) groups excluding carboxylic acids is 1. The number of hydrogen-bond donors (Lipinski definition) is 1. The summed E-state index contributed by atoms with van der Waals surface area (Å²) < 4.78 is 38.8. The first-order valence-corrected chi connectivity index (χ1v) is 7.16. The van der Waals surface area contributed by atoms with Crippen LogP contribution in [0.15, 0.2) is 45.5 Å². The van der Waals surface area contributed by atoms with Gasteiger partial charge in [-0.25, -0.2) is 4.98 Å². The summed E-state index contributed by atoms with van der Waals surface area (Å²) in [6.45, 7) is 0. The van der Waals surface area contributed by atoms with E-state index < -0.39 is 17.6 Å². The Morgan fingerprint density at radius 1 is 1.14 bits per heavy atom. The first-order chi connectivity index (χ1) is 9.79. The van der Waals surface area contributed by atoms with Crippen LogP contribution in [0.1, 0.15) is 16.1 Å². The van der Waals surface area contributed by atoms with E-state index in [1.165, 1.54) is 12.3 Å². The predicted octanol–water partition coefficient (Wildman–Crippen LogP) is 4.88. The Kier molecular flexibility index (Phi) is 4.67. The molecule has 1 aromatic heterocycles. The average Bonchev–Trinajstić information content (AvgIpc) is 2.40. The van der Waals surface area contributed by atoms with Crippen molar-refractivity contribution < 1.29 is 18.0 Å². The van der Waals surface area contributed by atoms with Gasteiger partial charge in [0.15, 0.2) is 0 Å². The molecule has 1 N–H and O–H groups in total. The number of nitrogens with one attached hydrogen (secondary N) is 1. The van der Waals surface area contributed by atoms with Crippen LogP contribution in [-0.2, 0) is 6.18 Å². The SMILES string of the molecule is O=C(Nc1cc(C(F)(F)F)ccc1Br)c1ncccc1Br. The standard InChI is InChI=1S/C13H7Br2F3N2O/c14-8-4-3-7(13(16,17)18)6-10(8)20-12(21)11-9(15)2-1-5-19-11/h1-6H,(H,20,21). The third-order valence-electron chi connectivity index (χ3n) is 2.52. The topological polar surface area (TPSA) is 42.0 Å². The molecule has 8 heteroatoms. The second-order valence-electron chi connectivity index (χ2n) is 3.98. The third kappa shape index (κ3) is 3.82. The summed E-state index contributed by atoms with van der Waals surface area (Å²) in [5.41, 5.74) is -0.740. The number of halogens is 5. The van der Waals surface area contributed by atoms with Crippen LogP contribution in [0.2, 0.25) is 0 Å². The van der Waals surface area contributed by atoms with Gasteiger partial charge in [-0.3, -0.25) is 4.79 Å². The minimum atomic E-state index is -4.48. The van der Waals surface area contributed by atoms with Crippen LogP contribution in [0, 0.1) is 0 Å². The smallest absolute Gasteiger partial charge is 0.320 e. The number of hydrogen-bond acceptors (Lipinski definition) is 2. The van der Waals surface area contributed by atoms with Gasteiger partial charge in [0.1, 0.15) is 5.69 Å². The Hall–Kier alpha value is -1.41. The van der Waals surface area contributed by atoms with Crippen molar-refractivity contribution in [3.8, 4) is 0 Å². The molecule has 0 bridgehead atoms. The maximum absolute atomic E-state index is 12.7. The molecule has 2 aromatic rings. The Morgan fingerprint density at radius 3 is 2.48 bits per heavy atom. The van der Waals surface area contributed by atoms with Gasteiger partial charge in [0, 0.05) is 15.1 Å². The molecule has 0 spiro atoms. The van der Waals surface area contributed by atoms with Crippen molar-refractivity contribution in [1.29, 1.82) is 0 Å². The number of aromatic nitrogens is 1. The van der Waals surface area contributed by atoms with Gasteiger partial charge in [0.25, 0.3) is 5.91 Å². The number of anilines is 1. The van der Waals surface area contributed by atoms with Gasteiger partial charge in [-0.15, -0.1) is 0 Å². The van der Waals surface area contributed by atoms with Crippen LogP contribution in [0.25, 0.3) is 0 Å². The maximum atomic E-state index is 12.7. The van der Waals surface area contributed by atoms with E-state index in [0.717, 1.165) is 12.1 Å². The van der Waals surface area contributed by atoms with Gasteiger partial charge in [0.2, 0.25) is 0 Å². The number of amides is 1. The van der Waals surface area contributed by atoms with E-state index in [4.69, 9.17) is 0 Å². The number of pyridine rings is 1. The van der Waals surface area contributed by atoms with Gasteiger partial charge < -0.3 is 5.32 Å². The number of rotatable bonds is 2. The van der Waals surface area contributed by atoms with E-state index in [2.05, 4.69) is 42.2 Å². The van der Waals surface area contributed by atoms with Crippen molar-refractivity contribution in [3.05, 3.63) is 56.7 Å². The van der Waals surface area contributed by atoms with Gasteiger partial charge in [-0.1, -0.05) is 0 Å². The highest BCUT2D eigenvalue weighted by Crippen LogP contribution is 2.34. The van der Waals surface area contributed by atoms with Gasteiger partial charge in [-0.05, 0) is 62.2 Å². The predicted molar refractivity (Wildman–Crippen MR) is 79.0 cm³/mol. The van der Waals surface area contributed by atoms with E-state index in [0.29, 0.717) is 8.95 Å². The lowest BCUT2D eigenvalue weighted by atomic mass is 10.2. The molecule has 1 amide bonds. The van der Waals surface area contributed by atoms with Crippen molar-refractivity contribution in [1.82, 2.24) is 4.98 Å². The number of benzene rings is 1. The normalized spacial score (nSPS) is 11.3. The van der Waals surface area contributed by atoms with E-state index in [9.17, 15) is 18.0 Å². The largest absolute Gasteiger partial charge is 0.416 e. The summed E-state index contributed by atoms with van der Waals surface area (Å²) >= 11 is 6.26. The van der Waals surface area contributed by atoms with E-state index in [-0.39, 0.29) is 11.4 Å². The summed E-state index contributed by atoms with van der Waals surface area (Å²) in [6, 6.07) is 6.26. The highest BCUT2D eigenvalue weighted by atomic mass is 79.9. The fraction of sp³-hybridized carbons (Fsp3) is 0.0769. The Bertz CT molecular complexity index is 689. The van der Waals surface area contributed by atoms with Crippen LogP contribution < -0.4 is 5.32 Å². The lowest BCUT2D eigenvalue weighted by Gasteiger charge is -2.12. The third-order valence-corrected chi connectivity index (χ3v) is 3.85. The summed E-state index contributed by atoms with van der Waals surface area (Å²) in [6.07, 6.45) is -3.06. The van der Waals surface area contributed by atoms with Crippen molar-refractivity contribution in [2.45, 2.75) is 6.18 Å². The second-order valence-corrected chi connectivity index (χ2v) is 5.69. The Morgan fingerprint density at radius 2 is 1.86 bits per heavy atom. The summed E-state index contributed by atoms with van der Waals surface area (Å²) in [5, 5.41) is 2.40. The fourth-order valence-electron chi connectivity index (χ4n) is 1.53. The first-order valence-electron chi connectivity index (χ1n) is 5.57. The van der Waals surface area contributed by atoms with Gasteiger partial charge in [0.05, 0.1) is 11.3 Å². The molecule has 0 aliphatic rings. The zero-order valence-corrected chi connectivity index (χ0v) is 13.4. The molecular weight excluding hydrogens is 417 g/mol. The van der Waals surface area contributed by atoms with Crippen LogP contribution in [-0.4, -0.2) is 10.9 Å². The van der Waals surface area contributed by atoms with Gasteiger partial charge in [-0.2, -0.15) is 13.2 Å². The fourth-order valence-corrected chi connectivity index (χ4v) is 2.31. The quantitative estimate of drug-likeness (QED) is 0.748. The van der Waals surface area contributed by atoms with Crippen molar-refractivity contribution in [2.75, 3.05) is 5.32 Å². The number of carbonyl (C=O) groups is 1. The molecule has 0 aliphatic carbocycles. The lowest BCUT2D eigenvalue weighted by molar-refractivity contribution is -0.137. The maximum Gasteiger partial charge on any atom is 0.416 e. The molecular formula is C13H7Br2F3N2O. The average molecular weight is 424 g/mol. The molecule has 110 valence electrons. The van der Waals surface area contributed by atoms with E-state index in [1.807, 2.05) is 0 Å². The number of nitrogens with zero attached hydrogens (tertiary/aromatic N) is 1. The molecule has 1 aromatic carbocycles. The molecule has 0 saturated carbocycles. The highest BCUT2D eigenvalue weighted by molar-refractivity contribution is 9.11. The van der Waals surface area contributed by atoms with Crippen molar-refractivity contribution in [2.24, 2.45) is 0 Å². The second kappa shape index (κ2) is 6.15. The van der Waals surface area contributed by atoms with Crippen LogP contribution in [0.5, 0.6) is 0 Å². The van der Waals surface area contributed by atoms with Crippen LogP contribution in [0.4, 0.5) is 18.9 Å². The Labute approximate surface area is 134 Å². The van der Waals surface area contributed by atoms with E-state index in [1.54, 1.807) is 12.1 Å².